The molecule has 1 aliphatic rings. The number of aromatic nitrogens is 1. The van der Waals surface area contributed by atoms with E-state index in [2.05, 4.69) is 4.98 Å². The van der Waals surface area contributed by atoms with Crippen LogP contribution in [0.5, 0.6) is 0 Å². The summed E-state index contributed by atoms with van der Waals surface area (Å²) in [5, 5.41) is 0. The fourth-order valence-electron chi connectivity index (χ4n) is 2.20. The predicted molar refractivity (Wildman–Crippen MR) is 64.7 cm³/mol. The second kappa shape index (κ2) is 4.71. The third kappa shape index (κ3) is 2.55. The lowest BCUT2D eigenvalue weighted by Gasteiger charge is -2.35. The van der Waals surface area contributed by atoms with Gasteiger partial charge in [0.15, 0.2) is 5.43 Å². The Morgan fingerprint density at radius 1 is 1.59 bits per heavy atom. The molecule has 1 fully saturated rings. The molecule has 5 heteroatoms. The van der Waals surface area contributed by atoms with Crippen molar-refractivity contribution in [2.24, 2.45) is 11.7 Å². The van der Waals surface area contributed by atoms with Gasteiger partial charge in [-0.3, -0.25) is 9.59 Å². The van der Waals surface area contributed by atoms with Crippen LogP contribution in [0.1, 0.15) is 23.2 Å². The van der Waals surface area contributed by atoms with E-state index in [1.807, 2.05) is 0 Å². The third-order valence-electron chi connectivity index (χ3n) is 3.21. The first kappa shape index (κ1) is 11.9. The van der Waals surface area contributed by atoms with Crippen molar-refractivity contribution in [3.63, 3.8) is 0 Å². The first-order valence-corrected chi connectivity index (χ1v) is 5.76. The van der Waals surface area contributed by atoms with E-state index in [0.717, 1.165) is 12.8 Å². The molecule has 1 heterocycles. The maximum atomic E-state index is 12.0. The molecular weight excluding hydrogens is 218 g/mol. The van der Waals surface area contributed by atoms with Gasteiger partial charge in [-0.1, -0.05) is 0 Å². The van der Waals surface area contributed by atoms with Crippen LogP contribution in [0.4, 0.5) is 0 Å². The number of carbonyl (C=O) groups is 1. The summed E-state index contributed by atoms with van der Waals surface area (Å²) in [5.41, 5.74) is 5.65. The molecule has 0 aliphatic heterocycles. The number of carbonyl (C=O) groups excluding carboxylic acids is 1. The molecule has 2 rings (SSSR count). The van der Waals surface area contributed by atoms with Crippen molar-refractivity contribution in [2.75, 3.05) is 13.6 Å². The number of nitrogens with zero attached hydrogens (tertiary/aromatic N) is 1. The summed E-state index contributed by atoms with van der Waals surface area (Å²) in [4.78, 5) is 27.9. The van der Waals surface area contributed by atoms with Crippen molar-refractivity contribution >= 4 is 5.91 Å². The SMILES string of the molecule is CN(CC1CC(N)C1)C(=O)c1c[nH]ccc1=O. The molecule has 5 nitrogen and oxygen atoms in total. The summed E-state index contributed by atoms with van der Waals surface area (Å²) in [6.07, 6.45) is 4.89. The lowest BCUT2D eigenvalue weighted by molar-refractivity contribution is 0.0732. The van der Waals surface area contributed by atoms with Gasteiger partial charge in [-0.15, -0.1) is 0 Å². The van der Waals surface area contributed by atoms with Crippen LogP contribution in [0, 0.1) is 5.92 Å². The van der Waals surface area contributed by atoms with Gasteiger partial charge in [0.2, 0.25) is 0 Å². The van der Waals surface area contributed by atoms with Crippen molar-refractivity contribution in [2.45, 2.75) is 18.9 Å². The highest BCUT2D eigenvalue weighted by atomic mass is 16.2. The van der Waals surface area contributed by atoms with Crippen molar-refractivity contribution in [3.05, 3.63) is 34.2 Å². The van der Waals surface area contributed by atoms with Crippen LogP contribution in [0.25, 0.3) is 0 Å². The van der Waals surface area contributed by atoms with Crippen LogP contribution < -0.4 is 11.2 Å². The van der Waals surface area contributed by atoms with E-state index in [0.29, 0.717) is 12.5 Å². The number of nitrogens with one attached hydrogen (secondary N) is 1. The highest BCUT2D eigenvalue weighted by molar-refractivity contribution is 5.93. The Balaban J connectivity index is 2.00. The van der Waals surface area contributed by atoms with Crippen LogP contribution >= 0.6 is 0 Å². The molecule has 0 bridgehead atoms. The average molecular weight is 235 g/mol. The van der Waals surface area contributed by atoms with E-state index in [4.69, 9.17) is 5.73 Å². The molecular formula is C12H17N3O2. The van der Waals surface area contributed by atoms with Gasteiger partial charge in [0.25, 0.3) is 5.91 Å². The Bertz CT molecular complexity index is 463. The molecule has 1 amide bonds. The zero-order chi connectivity index (χ0) is 12.4. The van der Waals surface area contributed by atoms with Crippen molar-refractivity contribution in [3.8, 4) is 0 Å². The predicted octanol–water partition coefficient (Wildman–Crippen LogP) is 0.184. The summed E-state index contributed by atoms with van der Waals surface area (Å²) in [6.45, 7) is 0.668. The summed E-state index contributed by atoms with van der Waals surface area (Å²) < 4.78 is 0. The maximum Gasteiger partial charge on any atom is 0.259 e. The zero-order valence-corrected chi connectivity index (χ0v) is 9.85. The van der Waals surface area contributed by atoms with E-state index < -0.39 is 0 Å². The van der Waals surface area contributed by atoms with E-state index in [1.54, 1.807) is 11.9 Å². The van der Waals surface area contributed by atoms with E-state index in [1.165, 1.54) is 18.5 Å². The highest BCUT2D eigenvalue weighted by Gasteiger charge is 2.28. The molecule has 0 unspecified atom stereocenters. The Kier molecular flexibility index (Phi) is 3.28. The Morgan fingerprint density at radius 3 is 2.88 bits per heavy atom. The van der Waals surface area contributed by atoms with Gasteiger partial charge in [-0.05, 0) is 18.8 Å². The number of H-pyrrole nitrogens is 1. The molecule has 0 aromatic carbocycles. The molecule has 17 heavy (non-hydrogen) atoms. The second-order valence-electron chi connectivity index (χ2n) is 4.71. The summed E-state index contributed by atoms with van der Waals surface area (Å²) >= 11 is 0. The first-order valence-electron chi connectivity index (χ1n) is 5.76. The highest BCUT2D eigenvalue weighted by Crippen LogP contribution is 2.26. The van der Waals surface area contributed by atoms with E-state index >= 15 is 0 Å². The molecule has 0 saturated heterocycles. The van der Waals surface area contributed by atoms with E-state index in [9.17, 15) is 9.59 Å². The molecule has 3 N–H and O–H groups in total. The number of hydrogen-bond acceptors (Lipinski definition) is 3. The van der Waals surface area contributed by atoms with Crippen molar-refractivity contribution in [1.82, 2.24) is 9.88 Å². The Morgan fingerprint density at radius 2 is 2.29 bits per heavy atom. The minimum atomic E-state index is -0.245. The monoisotopic (exact) mass is 235 g/mol. The summed E-state index contributed by atoms with van der Waals surface area (Å²) in [5.74, 6) is 0.245. The molecule has 1 saturated carbocycles. The Hall–Kier alpha value is -1.62. The van der Waals surface area contributed by atoms with Crippen LogP contribution in [-0.2, 0) is 0 Å². The maximum absolute atomic E-state index is 12.0. The first-order chi connectivity index (χ1) is 8.08. The number of rotatable bonds is 3. The number of nitrogens with two attached hydrogens (primary N) is 1. The lowest BCUT2D eigenvalue weighted by atomic mass is 9.80. The molecule has 1 aromatic rings. The van der Waals surface area contributed by atoms with Crippen LogP contribution in [0.15, 0.2) is 23.3 Å². The van der Waals surface area contributed by atoms with Crippen molar-refractivity contribution < 1.29 is 4.79 Å². The quantitative estimate of drug-likeness (QED) is 0.784. The number of pyridine rings is 1. The average Bonchev–Trinajstić information content (AvgIpc) is 2.26. The molecule has 1 aliphatic carbocycles. The van der Waals surface area contributed by atoms with Gasteiger partial charge in [0.05, 0.1) is 0 Å². The minimum Gasteiger partial charge on any atom is -0.367 e. The fraction of sp³-hybridized carbons (Fsp3) is 0.500. The minimum absolute atomic E-state index is 0.193. The molecule has 0 spiro atoms. The normalized spacial score (nSPS) is 22.9. The number of amides is 1. The molecule has 92 valence electrons. The van der Waals surface area contributed by atoms with Gasteiger partial charge in [0.1, 0.15) is 5.56 Å². The second-order valence-corrected chi connectivity index (χ2v) is 4.71. The van der Waals surface area contributed by atoms with Crippen LogP contribution in [0.3, 0.4) is 0 Å². The van der Waals surface area contributed by atoms with E-state index in [-0.39, 0.29) is 22.9 Å². The topological polar surface area (TPSA) is 79.2 Å². The summed E-state index contributed by atoms with van der Waals surface area (Å²) in [6, 6.07) is 1.64. The van der Waals surface area contributed by atoms with Gasteiger partial charge >= 0.3 is 0 Å². The summed E-state index contributed by atoms with van der Waals surface area (Å²) in [7, 11) is 1.72. The van der Waals surface area contributed by atoms with Crippen molar-refractivity contribution in [1.29, 1.82) is 0 Å². The fourth-order valence-corrected chi connectivity index (χ4v) is 2.20. The molecule has 1 aromatic heterocycles. The lowest BCUT2D eigenvalue weighted by Crippen LogP contribution is -2.43. The van der Waals surface area contributed by atoms with Gasteiger partial charge in [-0.2, -0.15) is 0 Å². The van der Waals surface area contributed by atoms with Gasteiger partial charge in [0, 0.05) is 38.1 Å². The third-order valence-corrected chi connectivity index (χ3v) is 3.21. The van der Waals surface area contributed by atoms with Gasteiger partial charge in [-0.25, -0.2) is 0 Å². The Labute approximate surface area is 99.6 Å². The standard InChI is InChI=1S/C12H17N3O2/c1-15(7-8-4-9(13)5-8)12(17)10-6-14-3-2-11(10)16/h2-3,6,8-9H,4-5,7,13H2,1H3,(H,14,16). The van der Waals surface area contributed by atoms with Gasteiger partial charge < -0.3 is 15.6 Å². The molecule has 0 atom stereocenters. The smallest absolute Gasteiger partial charge is 0.259 e. The number of hydrogen-bond donors (Lipinski definition) is 2. The number of aromatic amines is 1. The molecule has 0 radical (unpaired) electrons. The zero-order valence-electron chi connectivity index (χ0n) is 9.85. The largest absolute Gasteiger partial charge is 0.367 e. The van der Waals surface area contributed by atoms with Crippen LogP contribution in [0.2, 0.25) is 0 Å². The van der Waals surface area contributed by atoms with Crippen LogP contribution in [-0.4, -0.2) is 35.4 Å².